The molecule has 1 aromatic carbocycles. The quantitative estimate of drug-likeness (QED) is 0.778. The molecule has 1 unspecified atom stereocenters. The van der Waals surface area contributed by atoms with Crippen LogP contribution < -0.4 is 11.1 Å². The number of anilines is 1. The molecule has 1 atom stereocenters. The van der Waals surface area contributed by atoms with Crippen LogP contribution in [0.5, 0.6) is 0 Å². The molecule has 0 aliphatic carbocycles. The average Bonchev–Trinajstić information content (AvgIpc) is 2.77. The molecule has 20 heavy (non-hydrogen) atoms. The Kier molecular flexibility index (Phi) is 4.19. The number of carboxylic acid groups (broad SMARTS) is 1. The Labute approximate surface area is 119 Å². The number of nitrogens with zero attached hydrogens (tertiary/aromatic N) is 1. The molecule has 4 N–H and O–H groups in total. The maximum atomic E-state index is 12.0. The van der Waals surface area contributed by atoms with E-state index in [1.54, 1.807) is 25.1 Å². The first kappa shape index (κ1) is 14.3. The number of carbonyl (C=O) groups is 2. The lowest BCUT2D eigenvalue weighted by atomic mass is 10.1. The minimum atomic E-state index is -0.904. The first-order valence-corrected chi connectivity index (χ1v) is 7.00. The monoisotopic (exact) mass is 293 g/mol. The Morgan fingerprint density at radius 2 is 2.25 bits per heavy atom. The Hall–Kier alpha value is -2.15. The van der Waals surface area contributed by atoms with Crippen LogP contribution in [0.4, 0.5) is 5.13 Å². The van der Waals surface area contributed by atoms with Crippen LogP contribution in [0.15, 0.2) is 18.2 Å². The normalized spacial score (nSPS) is 12.2. The molecule has 0 spiro atoms. The molecule has 0 radical (unpaired) electrons. The predicted molar refractivity (Wildman–Crippen MR) is 77.8 cm³/mol. The number of aliphatic carboxylic acids is 1. The van der Waals surface area contributed by atoms with Crippen molar-refractivity contribution in [3.05, 3.63) is 23.8 Å². The van der Waals surface area contributed by atoms with Gasteiger partial charge in [-0.15, -0.1) is 0 Å². The number of nitrogens with two attached hydrogens (primary N) is 1. The molecule has 106 valence electrons. The zero-order chi connectivity index (χ0) is 14.7. The van der Waals surface area contributed by atoms with Crippen LogP contribution in [0.3, 0.4) is 0 Å². The largest absolute Gasteiger partial charge is 0.481 e. The Morgan fingerprint density at radius 3 is 2.90 bits per heavy atom. The summed E-state index contributed by atoms with van der Waals surface area (Å²) in [6, 6.07) is 5.09. The molecule has 2 aromatic rings. The molecular weight excluding hydrogens is 278 g/mol. The van der Waals surface area contributed by atoms with Crippen molar-refractivity contribution >= 4 is 38.6 Å². The van der Waals surface area contributed by atoms with Crippen molar-refractivity contribution in [2.24, 2.45) is 5.92 Å². The van der Waals surface area contributed by atoms with E-state index >= 15 is 0 Å². The van der Waals surface area contributed by atoms with Gasteiger partial charge < -0.3 is 16.2 Å². The maximum Gasteiger partial charge on any atom is 0.308 e. The fourth-order valence-corrected chi connectivity index (χ4v) is 2.58. The van der Waals surface area contributed by atoms with Crippen molar-refractivity contribution in [1.82, 2.24) is 10.3 Å². The lowest BCUT2D eigenvalue weighted by molar-refractivity contribution is -0.141. The number of thiazole rings is 1. The third kappa shape index (κ3) is 3.05. The van der Waals surface area contributed by atoms with Crippen LogP contribution in [0.25, 0.3) is 10.2 Å². The van der Waals surface area contributed by atoms with Crippen LogP contribution >= 0.6 is 11.3 Å². The number of fused-ring (bicyclic) bond motifs is 1. The van der Waals surface area contributed by atoms with Crippen LogP contribution in [0.2, 0.25) is 0 Å². The molecule has 7 heteroatoms. The van der Waals surface area contributed by atoms with E-state index in [9.17, 15) is 9.59 Å². The summed E-state index contributed by atoms with van der Waals surface area (Å²) in [5.41, 5.74) is 6.83. The zero-order valence-corrected chi connectivity index (χ0v) is 11.7. The molecule has 6 nitrogen and oxygen atoms in total. The second kappa shape index (κ2) is 5.87. The number of nitrogen functional groups attached to an aromatic ring is 1. The summed E-state index contributed by atoms with van der Waals surface area (Å²) in [4.78, 5) is 27.0. The van der Waals surface area contributed by atoms with Gasteiger partial charge in [0.2, 0.25) is 0 Å². The van der Waals surface area contributed by atoms with E-state index in [2.05, 4.69) is 10.3 Å². The summed E-state index contributed by atoms with van der Waals surface area (Å²) >= 11 is 1.31. The zero-order valence-electron chi connectivity index (χ0n) is 10.9. The van der Waals surface area contributed by atoms with Crippen molar-refractivity contribution in [2.45, 2.75) is 13.3 Å². The van der Waals surface area contributed by atoms with Gasteiger partial charge in [0.15, 0.2) is 5.13 Å². The maximum absolute atomic E-state index is 12.0. The van der Waals surface area contributed by atoms with Crippen molar-refractivity contribution in [3.63, 3.8) is 0 Å². The third-order valence-electron chi connectivity index (χ3n) is 3.02. The van der Waals surface area contributed by atoms with Crippen molar-refractivity contribution < 1.29 is 14.7 Å². The molecule has 0 saturated heterocycles. The summed E-state index contributed by atoms with van der Waals surface area (Å²) in [5.74, 6) is -1.77. The molecule has 0 aliphatic heterocycles. The lowest BCUT2D eigenvalue weighted by Crippen LogP contribution is -2.32. The van der Waals surface area contributed by atoms with Gasteiger partial charge in [-0.3, -0.25) is 9.59 Å². The van der Waals surface area contributed by atoms with Crippen molar-refractivity contribution in [2.75, 3.05) is 12.3 Å². The highest BCUT2D eigenvalue weighted by Crippen LogP contribution is 2.24. The van der Waals surface area contributed by atoms with E-state index in [-0.39, 0.29) is 12.5 Å². The second-order valence-electron chi connectivity index (χ2n) is 4.39. The topological polar surface area (TPSA) is 105 Å². The Morgan fingerprint density at radius 1 is 1.50 bits per heavy atom. The van der Waals surface area contributed by atoms with E-state index < -0.39 is 11.9 Å². The molecular formula is C13H15N3O3S. The number of hydrogen-bond donors (Lipinski definition) is 3. The summed E-state index contributed by atoms with van der Waals surface area (Å²) in [5, 5.41) is 12.0. The predicted octanol–water partition coefficient (Wildman–Crippen LogP) is 1.72. The van der Waals surface area contributed by atoms with Crippen LogP contribution in [0, 0.1) is 5.92 Å². The van der Waals surface area contributed by atoms with Gasteiger partial charge in [0, 0.05) is 12.1 Å². The van der Waals surface area contributed by atoms with Gasteiger partial charge >= 0.3 is 5.97 Å². The third-order valence-corrected chi connectivity index (χ3v) is 3.87. The number of carbonyl (C=O) groups excluding carboxylic acids is 1. The SMILES string of the molecule is CCC(CNC(=O)c1ccc2nc(N)sc2c1)C(=O)O. The van der Waals surface area contributed by atoms with Crippen molar-refractivity contribution in [3.8, 4) is 0 Å². The lowest BCUT2D eigenvalue weighted by Gasteiger charge is -2.11. The minimum absolute atomic E-state index is 0.119. The molecule has 0 saturated carbocycles. The molecule has 1 aromatic heterocycles. The molecule has 1 amide bonds. The number of aromatic nitrogens is 1. The molecule has 1 heterocycles. The number of benzene rings is 1. The van der Waals surface area contributed by atoms with Gasteiger partial charge in [0.25, 0.3) is 5.91 Å². The summed E-state index contributed by atoms with van der Waals surface area (Å²) in [7, 11) is 0. The van der Waals surface area contributed by atoms with E-state index in [0.717, 1.165) is 10.2 Å². The first-order valence-electron chi connectivity index (χ1n) is 6.18. The van der Waals surface area contributed by atoms with Crippen molar-refractivity contribution in [1.29, 1.82) is 0 Å². The van der Waals surface area contributed by atoms with Gasteiger partial charge in [0.05, 0.1) is 16.1 Å². The molecule has 2 rings (SSSR count). The highest BCUT2D eigenvalue weighted by Gasteiger charge is 2.16. The number of rotatable bonds is 5. The minimum Gasteiger partial charge on any atom is -0.481 e. The Bertz CT molecular complexity index is 653. The van der Waals surface area contributed by atoms with Crippen LogP contribution in [-0.4, -0.2) is 28.5 Å². The van der Waals surface area contributed by atoms with Crippen LogP contribution in [-0.2, 0) is 4.79 Å². The van der Waals surface area contributed by atoms with Gasteiger partial charge in [-0.05, 0) is 24.6 Å². The molecule has 0 fully saturated rings. The number of amides is 1. The standard InChI is InChI=1S/C13H15N3O3S/c1-2-7(12(18)19)6-15-11(17)8-3-4-9-10(5-8)20-13(14)16-9/h3-5,7H,2,6H2,1H3,(H2,14,16)(H,15,17)(H,18,19). The summed E-state index contributed by atoms with van der Waals surface area (Å²) in [6.07, 6.45) is 0.472. The second-order valence-corrected chi connectivity index (χ2v) is 5.45. The van der Waals surface area contributed by atoms with E-state index in [4.69, 9.17) is 10.8 Å². The fourth-order valence-electron chi connectivity index (χ4n) is 1.81. The van der Waals surface area contributed by atoms with Gasteiger partial charge in [0.1, 0.15) is 0 Å². The van der Waals surface area contributed by atoms with Gasteiger partial charge in [-0.25, -0.2) is 4.98 Å². The highest BCUT2D eigenvalue weighted by atomic mass is 32.1. The highest BCUT2D eigenvalue weighted by molar-refractivity contribution is 7.22. The molecule has 0 bridgehead atoms. The Balaban J connectivity index is 2.09. The summed E-state index contributed by atoms with van der Waals surface area (Å²) < 4.78 is 0.834. The van der Waals surface area contributed by atoms with Gasteiger partial charge in [-0.1, -0.05) is 18.3 Å². The fraction of sp³-hybridized carbons (Fsp3) is 0.308. The van der Waals surface area contributed by atoms with E-state index in [1.165, 1.54) is 11.3 Å². The van der Waals surface area contributed by atoms with Crippen LogP contribution in [0.1, 0.15) is 23.7 Å². The summed E-state index contributed by atoms with van der Waals surface area (Å²) in [6.45, 7) is 1.89. The first-order chi connectivity index (χ1) is 9.51. The van der Waals surface area contributed by atoms with E-state index in [0.29, 0.717) is 17.1 Å². The average molecular weight is 293 g/mol. The number of carboxylic acids is 1. The van der Waals surface area contributed by atoms with E-state index in [1.807, 2.05) is 0 Å². The number of nitrogens with one attached hydrogen (secondary N) is 1. The number of hydrogen-bond acceptors (Lipinski definition) is 5. The smallest absolute Gasteiger partial charge is 0.308 e. The molecule has 0 aliphatic rings. The van der Waals surface area contributed by atoms with Gasteiger partial charge in [-0.2, -0.15) is 0 Å².